The molecular formula is C14H16BrFIN3S. The molecule has 3 nitrogen and oxygen atoms in total. The summed E-state index contributed by atoms with van der Waals surface area (Å²) in [4.78, 5) is 5.38. The molecule has 0 fully saturated rings. The van der Waals surface area contributed by atoms with E-state index in [1.807, 2.05) is 6.07 Å². The van der Waals surface area contributed by atoms with Gasteiger partial charge in [-0.1, -0.05) is 12.1 Å². The minimum atomic E-state index is -0.223. The summed E-state index contributed by atoms with van der Waals surface area (Å²) in [6, 6.07) is 10.5. The number of guanidine groups is 1. The topological polar surface area (TPSA) is 36.4 Å². The summed E-state index contributed by atoms with van der Waals surface area (Å²) in [7, 11) is 1.73. The fraction of sp³-hybridized carbons (Fsp3) is 0.214. The van der Waals surface area contributed by atoms with E-state index in [9.17, 15) is 4.39 Å². The van der Waals surface area contributed by atoms with Crippen molar-refractivity contribution in [2.45, 2.75) is 13.1 Å². The van der Waals surface area contributed by atoms with Crippen LogP contribution in [-0.2, 0) is 13.1 Å². The molecule has 21 heavy (non-hydrogen) atoms. The second-order valence-corrected chi connectivity index (χ2v) is 6.66. The van der Waals surface area contributed by atoms with Gasteiger partial charge in [-0.3, -0.25) is 4.99 Å². The van der Waals surface area contributed by atoms with E-state index < -0.39 is 0 Å². The van der Waals surface area contributed by atoms with Crippen molar-refractivity contribution in [3.8, 4) is 0 Å². The Morgan fingerprint density at radius 2 is 1.81 bits per heavy atom. The van der Waals surface area contributed by atoms with Gasteiger partial charge in [-0.2, -0.15) is 0 Å². The number of nitrogens with one attached hydrogen (secondary N) is 2. The molecule has 114 valence electrons. The van der Waals surface area contributed by atoms with Crippen molar-refractivity contribution in [2.75, 3.05) is 7.05 Å². The lowest BCUT2D eigenvalue weighted by atomic mass is 10.2. The zero-order chi connectivity index (χ0) is 14.4. The van der Waals surface area contributed by atoms with Gasteiger partial charge in [0.1, 0.15) is 5.82 Å². The molecule has 0 aliphatic rings. The number of nitrogens with zero attached hydrogens (tertiary/aromatic N) is 1. The van der Waals surface area contributed by atoms with Crippen LogP contribution >= 0.6 is 51.2 Å². The average Bonchev–Trinajstić information content (AvgIpc) is 2.87. The normalized spacial score (nSPS) is 10.9. The highest BCUT2D eigenvalue weighted by molar-refractivity contribution is 14.0. The van der Waals surface area contributed by atoms with Gasteiger partial charge in [-0.25, -0.2) is 4.39 Å². The Hall–Kier alpha value is -0.670. The standard InChI is InChI=1S/C14H15BrFN3S.HI/c1-17-14(19-9-12-6-7-13(15)20-12)18-8-10-2-4-11(16)5-3-10;/h2-7H,8-9H2,1H3,(H2,17,18,19);1H. The van der Waals surface area contributed by atoms with Gasteiger partial charge in [-0.15, -0.1) is 35.3 Å². The summed E-state index contributed by atoms with van der Waals surface area (Å²) in [5, 5.41) is 6.43. The van der Waals surface area contributed by atoms with Crippen LogP contribution in [0.5, 0.6) is 0 Å². The second kappa shape index (κ2) is 9.37. The number of rotatable bonds is 4. The Balaban J connectivity index is 0.00000220. The molecular weight excluding hydrogens is 468 g/mol. The Kier molecular flexibility index (Phi) is 8.20. The summed E-state index contributed by atoms with van der Waals surface area (Å²) in [6.45, 7) is 1.33. The van der Waals surface area contributed by atoms with E-state index in [1.165, 1.54) is 17.0 Å². The highest BCUT2D eigenvalue weighted by Gasteiger charge is 2.01. The third-order valence-corrected chi connectivity index (χ3v) is 4.28. The van der Waals surface area contributed by atoms with Crippen molar-refractivity contribution in [3.05, 3.63) is 56.4 Å². The molecule has 0 saturated heterocycles. The van der Waals surface area contributed by atoms with E-state index in [2.05, 4.69) is 37.6 Å². The predicted octanol–water partition coefficient (Wildman–Crippen LogP) is 4.13. The molecule has 1 heterocycles. The molecule has 0 bridgehead atoms. The molecule has 7 heteroatoms. The summed E-state index contributed by atoms with van der Waals surface area (Å²) in [6.07, 6.45) is 0. The molecule has 0 unspecified atom stereocenters. The van der Waals surface area contributed by atoms with Crippen LogP contribution in [0.2, 0.25) is 0 Å². The van der Waals surface area contributed by atoms with E-state index in [1.54, 1.807) is 30.5 Å². The Labute approximate surface area is 153 Å². The van der Waals surface area contributed by atoms with Gasteiger partial charge in [0.25, 0.3) is 0 Å². The summed E-state index contributed by atoms with van der Waals surface area (Å²) >= 11 is 5.12. The van der Waals surface area contributed by atoms with Crippen LogP contribution in [0.15, 0.2) is 45.2 Å². The van der Waals surface area contributed by atoms with E-state index in [0.717, 1.165) is 21.9 Å². The highest BCUT2D eigenvalue weighted by atomic mass is 127. The van der Waals surface area contributed by atoms with Crippen LogP contribution < -0.4 is 10.6 Å². The maximum atomic E-state index is 12.8. The van der Waals surface area contributed by atoms with Crippen LogP contribution in [0, 0.1) is 5.82 Å². The van der Waals surface area contributed by atoms with Gasteiger partial charge < -0.3 is 10.6 Å². The third-order valence-electron chi connectivity index (χ3n) is 2.66. The van der Waals surface area contributed by atoms with Gasteiger partial charge in [0.15, 0.2) is 5.96 Å². The predicted molar refractivity (Wildman–Crippen MR) is 101 cm³/mol. The number of halogens is 3. The molecule has 0 saturated carbocycles. The van der Waals surface area contributed by atoms with Crippen LogP contribution in [0.25, 0.3) is 0 Å². The van der Waals surface area contributed by atoms with Crippen molar-refractivity contribution in [1.29, 1.82) is 0 Å². The lowest BCUT2D eigenvalue weighted by molar-refractivity contribution is 0.626. The van der Waals surface area contributed by atoms with Crippen molar-refractivity contribution in [1.82, 2.24) is 10.6 Å². The second-order valence-electron chi connectivity index (χ2n) is 4.11. The molecule has 1 aromatic carbocycles. The lowest BCUT2D eigenvalue weighted by Gasteiger charge is -2.11. The van der Waals surface area contributed by atoms with Gasteiger partial charge in [0.2, 0.25) is 0 Å². The first-order chi connectivity index (χ1) is 9.67. The zero-order valence-electron chi connectivity index (χ0n) is 11.4. The van der Waals surface area contributed by atoms with Crippen LogP contribution in [0.4, 0.5) is 4.39 Å². The monoisotopic (exact) mass is 483 g/mol. The summed E-state index contributed by atoms with van der Waals surface area (Å²) < 4.78 is 13.9. The molecule has 2 aromatic rings. The lowest BCUT2D eigenvalue weighted by Crippen LogP contribution is -2.36. The smallest absolute Gasteiger partial charge is 0.191 e. The third kappa shape index (κ3) is 6.31. The molecule has 0 spiro atoms. The first kappa shape index (κ1) is 18.4. The Morgan fingerprint density at radius 1 is 1.14 bits per heavy atom. The quantitative estimate of drug-likeness (QED) is 0.389. The SMILES string of the molecule is CN=C(NCc1ccc(F)cc1)NCc1ccc(Br)s1.I. The molecule has 0 aliphatic heterocycles. The molecule has 0 aliphatic carbocycles. The van der Waals surface area contributed by atoms with E-state index in [4.69, 9.17) is 0 Å². The number of thiophene rings is 1. The van der Waals surface area contributed by atoms with Gasteiger partial charge in [0.05, 0.1) is 10.3 Å². The molecule has 0 atom stereocenters. The fourth-order valence-electron chi connectivity index (χ4n) is 1.63. The largest absolute Gasteiger partial charge is 0.352 e. The van der Waals surface area contributed by atoms with Crippen molar-refractivity contribution < 1.29 is 4.39 Å². The maximum absolute atomic E-state index is 12.8. The van der Waals surface area contributed by atoms with Gasteiger partial charge in [-0.05, 0) is 45.8 Å². The van der Waals surface area contributed by atoms with Gasteiger partial charge >= 0.3 is 0 Å². The molecule has 2 N–H and O–H groups in total. The molecule has 1 aromatic heterocycles. The Bertz CT molecular complexity index is 586. The summed E-state index contributed by atoms with van der Waals surface area (Å²) in [5.74, 6) is 0.498. The molecule has 0 radical (unpaired) electrons. The Morgan fingerprint density at radius 3 is 2.38 bits per heavy atom. The van der Waals surface area contributed by atoms with Crippen molar-refractivity contribution in [2.24, 2.45) is 4.99 Å². The number of aliphatic imine (C=N–C) groups is 1. The van der Waals surface area contributed by atoms with Crippen LogP contribution in [0.3, 0.4) is 0 Å². The van der Waals surface area contributed by atoms with E-state index in [-0.39, 0.29) is 29.8 Å². The van der Waals surface area contributed by atoms with Crippen molar-refractivity contribution in [3.63, 3.8) is 0 Å². The van der Waals surface area contributed by atoms with Crippen LogP contribution in [-0.4, -0.2) is 13.0 Å². The number of benzene rings is 1. The van der Waals surface area contributed by atoms with E-state index in [0.29, 0.717) is 6.54 Å². The molecule has 0 amide bonds. The average molecular weight is 484 g/mol. The minimum Gasteiger partial charge on any atom is -0.352 e. The first-order valence-electron chi connectivity index (χ1n) is 6.10. The highest BCUT2D eigenvalue weighted by Crippen LogP contribution is 2.21. The minimum absolute atomic E-state index is 0. The zero-order valence-corrected chi connectivity index (χ0v) is 16.1. The number of hydrogen-bond acceptors (Lipinski definition) is 2. The number of hydrogen-bond donors (Lipinski definition) is 2. The maximum Gasteiger partial charge on any atom is 0.191 e. The fourth-order valence-corrected chi connectivity index (χ4v) is 3.05. The van der Waals surface area contributed by atoms with Crippen molar-refractivity contribution >= 4 is 57.2 Å². The molecule has 2 rings (SSSR count). The van der Waals surface area contributed by atoms with E-state index >= 15 is 0 Å². The van der Waals surface area contributed by atoms with Crippen LogP contribution in [0.1, 0.15) is 10.4 Å². The summed E-state index contributed by atoms with van der Waals surface area (Å²) in [5.41, 5.74) is 1.01. The van der Waals surface area contributed by atoms with Gasteiger partial charge in [0, 0.05) is 18.5 Å². The first-order valence-corrected chi connectivity index (χ1v) is 7.71.